The number of rotatable bonds is 2. The van der Waals surface area contributed by atoms with Gasteiger partial charge in [-0.2, -0.15) is 0 Å². The lowest BCUT2D eigenvalue weighted by atomic mass is 10.1. The topological polar surface area (TPSA) is 72.3 Å². The van der Waals surface area contributed by atoms with Crippen molar-refractivity contribution in [3.63, 3.8) is 0 Å². The average Bonchev–Trinajstić information content (AvgIpc) is 2.56. The number of phenols is 1. The second kappa shape index (κ2) is 3.41. The quantitative estimate of drug-likeness (QED) is 0.753. The number of aromatic hydroxyl groups is 1. The van der Waals surface area contributed by atoms with Gasteiger partial charge in [0.15, 0.2) is 5.76 Å². The maximum atomic E-state index is 9.08. The molecule has 14 heavy (non-hydrogen) atoms. The number of aromatic nitrogens is 1. The third kappa shape index (κ3) is 1.69. The van der Waals surface area contributed by atoms with Crippen LogP contribution in [-0.2, 0) is 6.42 Å². The minimum absolute atomic E-state index is 0.249. The molecule has 0 saturated heterocycles. The summed E-state index contributed by atoms with van der Waals surface area (Å²) in [4.78, 5) is 0. The lowest BCUT2D eigenvalue weighted by molar-refractivity contribution is 0.390. The van der Waals surface area contributed by atoms with E-state index >= 15 is 0 Å². The zero-order valence-corrected chi connectivity index (χ0v) is 7.47. The van der Waals surface area contributed by atoms with Gasteiger partial charge in [-0.05, 0) is 17.7 Å². The van der Waals surface area contributed by atoms with Crippen LogP contribution in [0.5, 0.6) is 5.75 Å². The SMILES string of the molecule is Nc1cnoc1Cc1ccc(O)cc1. The highest BCUT2D eigenvalue weighted by Gasteiger charge is 2.05. The molecule has 1 aromatic carbocycles. The Morgan fingerprint density at radius 1 is 1.29 bits per heavy atom. The molecule has 2 rings (SSSR count). The van der Waals surface area contributed by atoms with Gasteiger partial charge in [-0.1, -0.05) is 17.3 Å². The van der Waals surface area contributed by atoms with Gasteiger partial charge in [-0.3, -0.25) is 0 Å². The van der Waals surface area contributed by atoms with Crippen LogP contribution in [0.1, 0.15) is 11.3 Å². The normalized spacial score (nSPS) is 10.3. The number of nitrogen functional groups attached to an aromatic ring is 1. The Labute approximate surface area is 81.0 Å². The van der Waals surface area contributed by atoms with E-state index in [1.54, 1.807) is 12.1 Å². The third-order valence-electron chi connectivity index (χ3n) is 1.98. The average molecular weight is 190 g/mol. The van der Waals surface area contributed by atoms with Crippen molar-refractivity contribution in [2.45, 2.75) is 6.42 Å². The number of benzene rings is 1. The molecule has 0 amide bonds. The van der Waals surface area contributed by atoms with E-state index in [1.165, 1.54) is 6.20 Å². The zero-order chi connectivity index (χ0) is 9.97. The van der Waals surface area contributed by atoms with Crippen molar-refractivity contribution >= 4 is 5.69 Å². The molecule has 0 aliphatic rings. The number of hydrogen-bond acceptors (Lipinski definition) is 4. The van der Waals surface area contributed by atoms with Crippen LogP contribution < -0.4 is 5.73 Å². The van der Waals surface area contributed by atoms with E-state index in [0.717, 1.165) is 5.56 Å². The molecular weight excluding hydrogens is 180 g/mol. The summed E-state index contributed by atoms with van der Waals surface area (Å²) in [5, 5.41) is 12.7. The maximum absolute atomic E-state index is 9.08. The first-order valence-electron chi connectivity index (χ1n) is 4.22. The Bertz CT molecular complexity index is 420. The molecule has 4 heteroatoms. The zero-order valence-electron chi connectivity index (χ0n) is 7.47. The number of nitrogens with two attached hydrogens (primary N) is 1. The molecule has 0 unspecified atom stereocenters. The minimum Gasteiger partial charge on any atom is -0.508 e. The number of anilines is 1. The molecule has 0 atom stereocenters. The van der Waals surface area contributed by atoms with Crippen LogP contribution in [0, 0.1) is 0 Å². The van der Waals surface area contributed by atoms with E-state index in [0.29, 0.717) is 17.9 Å². The standard InChI is InChI=1S/C10H10N2O2/c11-9-6-12-14-10(9)5-7-1-3-8(13)4-2-7/h1-4,6,13H,5,11H2. The van der Waals surface area contributed by atoms with Crippen molar-refractivity contribution in [1.29, 1.82) is 0 Å². The molecule has 72 valence electrons. The lowest BCUT2D eigenvalue weighted by Crippen LogP contribution is -1.91. The smallest absolute Gasteiger partial charge is 0.163 e. The van der Waals surface area contributed by atoms with Crippen LogP contribution in [0.3, 0.4) is 0 Å². The molecule has 0 saturated carbocycles. The van der Waals surface area contributed by atoms with E-state index in [1.807, 2.05) is 12.1 Å². The van der Waals surface area contributed by atoms with E-state index in [2.05, 4.69) is 5.16 Å². The molecule has 4 nitrogen and oxygen atoms in total. The van der Waals surface area contributed by atoms with E-state index < -0.39 is 0 Å². The summed E-state index contributed by atoms with van der Waals surface area (Å²) in [7, 11) is 0. The molecule has 0 bridgehead atoms. The Hall–Kier alpha value is -1.97. The van der Waals surface area contributed by atoms with Gasteiger partial charge in [-0.15, -0.1) is 0 Å². The van der Waals surface area contributed by atoms with Gasteiger partial charge in [0.1, 0.15) is 5.75 Å². The second-order valence-corrected chi connectivity index (χ2v) is 3.05. The molecule has 0 fully saturated rings. The fourth-order valence-electron chi connectivity index (χ4n) is 1.20. The van der Waals surface area contributed by atoms with Gasteiger partial charge in [0.25, 0.3) is 0 Å². The Kier molecular flexibility index (Phi) is 2.10. The molecule has 2 aromatic rings. The van der Waals surface area contributed by atoms with Gasteiger partial charge in [0.2, 0.25) is 0 Å². The summed E-state index contributed by atoms with van der Waals surface area (Å²) in [5.41, 5.74) is 7.19. The molecule has 3 N–H and O–H groups in total. The van der Waals surface area contributed by atoms with E-state index in [9.17, 15) is 0 Å². The van der Waals surface area contributed by atoms with Gasteiger partial charge in [-0.25, -0.2) is 0 Å². The van der Waals surface area contributed by atoms with Crippen LogP contribution >= 0.6 is 0 Å². The largest absolute Gasteiger partial charge is 0.508 e. The summed E-state index contributed by atoms with van der Waals surface area (Å²) in [6.07, 6.45) is 2.07. The first-order valence-corrected chi connectivity index (χ1v) is 4.22. The van der Waals surface area contributed by atoms with Gasteiger partial charge < -0.3 is 15.4 Å². The van der Waals surface area contributed by atoms with Gasteiger partial charge >= 0.3 is 0 Å². The third-order valence-corrected chi connectivity index (χ3v) is 1.98. The predicted molar refractivity (Wildman–Crippen MR) is 51.8 cm³/mol. The second-order valence-electron chi connectivity index (χ2n) is 3.05. The van der Waals surface area contributed by atoms with Crippen molar-refractivity contribution in [3.05, 3.63) is 41.8 Å². The highest BCUT2D eigenvalue weighted by molar-refractivity contribution is 5.41. The number of nitrogens with zero attached hydrogens (tertiary/aromatic N) is 1. The Morgan fingerprint density at radius 2 is 2.00 bits per heavy atom. The van der Waals surface area contributed by atoms with Crippen LogP contribution in [-0.4, -0.2) is 10.3 Å². The molecule has 0 radical (unpaired) electrons. The van der Waals surface area contributed by atoms with Gasteiger partial charge in [0, 0.05) is 6.42 Å². The number of hydrogen-bond donors (Lipinski definition) is 2. The van der Waals surface area contributed by atoms with Crippen LogP contribution in [0.4, 0.5) is 5.69 Å². The molecule has 0 aliphatic heterocycles. The van der Waals surface area contributed by atoms with Crippen LogP contribution in [0.2, 0.25) is 0 Å². The van der Waals surface area contributed by atoms with Crippen molar-refractivity contribution in [2.75, 3.05) is 5.73 Å². The van der Waals surface area contributed by atoms with Crippen molar-refractivity contribution < 1.29 is 9.63 Å². The summed E-state index contributed by atoms with van der Waals surface area (Å²) < 4.78 is 4.96. The molecule has 1 aromatic heterocycles. The lowest BCUT2D eigenvalue weighted by Gasteiger charge is -1.98. The molecule has 1 heterocycles. The molecule has 0 spiro atoms. The fraction of sp³-hybridized carbons (Fsp3) is 0.100. The van der Waals surface area contributed by atoms with Crippen molar-refractivity contribution in [2.24, 2.45) is 0 Å². The van der Waals surface area contributed by atoms with Crippen molar-refractivity contribution in [3.8, 4) is 5.75 Å². The highest BCUT2D eigenvalue weighted by Crippen LogP contribution is 2.17. The summed E-state index contributed by atoms with van der Waals surface area (Å²) >= 11 is 0. The molecule has 0 aliphatic carbocycles. The fourth-order valence-corrected chi connectivity index (χ4v) is 1.20. The minimum atomic E-state index is 0.249. The predicted octanol–water partition coefficient (Wildman–Crippen LogP) is 1.55. The first kappa shape index (κ1) is 8.62. The first-order chi connectivity index (χ1) is 6.75. The van der Waals surface area contributed by atoms with Gasteiger partial charge in [0.05, 0.1) is 11.9 Å². The highest BCUT2D eigenvalue weighted by atomic mass is 16.5. The summed E-state index contributed by atoms with van der Waals surface area (Å²) in [5.74, 6) is 0.898. The number of phenolic OH excluding ortho intramolecular Hbond substituents is 1. The van der Waals surface area contributed by atoms with Crippen LogP contribution in [0.25, 0.3) is 0 Å². The Morgan fingerprint density at radius 3 is 2.57 bits per heavy atom. The van der Waals surface area contributed by atoms with E-state index in [-0.39, 0.29) is 5.75 Å². The summed E-state index contributed by atoms with van der Waals surface area (Å²) in [6.45, 7) is 0. The summed E-state index contributed by atoms with van der Waals surface area (Å²) in [6, 6.07) is 6.89. The van der Waals surface area contributed by atoms with Crippen molar-refractivity contribution in [1.82, 2.24) is 5.16 Å². The maximum Gasteiger partial charge on any atom is 0.163 e. The van der Waals surface area contributed by atoms with E-state index in [4.69, 9.17) is 15.4 Å². The Balaban J connectivity index is 2.19. The van der Waals surface area contributed by atoms with Crippen LogP contribution in [0.15, 0.2) is 35.0 Å². The molecular formula is C10H10N2O2. The monoisotopic (exact) mass is 190 g/mol.